The minimum absolute atomic E-state index is 0.125. The summed E-state index contributed by atoms with van der Waals surface area (Å²) in [5.41, 5.74) is 1.12. The number of hydrogen-bond acceptors (Lipinski definition) is 5. The van der Waals surface area contributed by atoms with E-state index in [9.17, 15) is 17.6 Å². The first-order valence-electron chi connectivity index (χ1n) is 8.64. The smallest absolute Gasteiger partial charge is 0.322 e. The van der Waals surface area contributed by atoms with Crippen LogP contribution in [0.2, 0.25) is 0 Å². The van der Waals surface area contributed by atoms with E-state index < -0.39 is 22.0 Å². The molecule has 0 aliphatic rings. The minimum Gasteiger partial charge on any atom is -0.383 e. The second kappa shape index (κ2) is 10.0. The van der Waals surface area contributed by atoms with Crippen LogP contribution in [0, 0.1) is 5.82 Å². The van der Waals surface area contributed by atoms with E-state index in [1.807, 2.05) is 0 Å². The molecule has 0 atom stereocenters. The van der Waals surface area contributed by atoms with Crippen LogP contribution in [0.25, 0.3) is 0 Å². The Kier molecular flexibility index (Phi) is 7.77. The van der Waals surface area contributed by atoms with Crippen molar-refractivity contribution in [1.82, 2.24) is 4.90 Å². The van der Waals surface area contributed by atoms with Crippen molar-refractivity contribution in [1.29, 1.82) is 0 Å². The zero-order valence-corrected chi connectivity index (χ0v) is 16.5. The normalized spacial score (nSPS) is 11.1. The largest absolute Gasteiger partial charge is 0.383 e. The van der Waals surface area contributed by atoms with Crippen molar-refractivity contribution < 1.29 is 26.5 Å². The van der Waals surface area contributed by atoms with Crippen molar-refractivity contribution in [3.63, 3.8) is 0 Å². The lowest BCUT2D eigenvalue weighted by molar-refractivity contribution is 0.153. The van der Waals surface area contributed by atoms with Crippen molar-refractivity contribution in [2.45, 2.75) is 13.5 Å². The average Bonchev–Trinajstić information content (AvgIpc) is 2.66. The van der Waals surface area contributed by atoms with Crippen LogP contribution in [0.15, 0.2) is 48.5 Å². The summed E-state index contributed by atoms with van der Waals surface area (Å²) in [6, 6.07) is 11.6. The lowest BCUT2D eigenvalue weighted by Gasteiger charge is -2.23. The number of ether oxygens (including phenoxy) is 1. The van der Waals surface area contributed by atoms with Gasteiger partial charge < -0.3 is 19.1 Å². The molecule has 2 rings (SSSR count). The number of rotatable bonds is 9. The van der Waals surface area contributed by atoms with Gasteiger partial charge in [0, 0.05) is 25.9 Å². The molecule has 2 amide bonds. The van der Waals surface area contributed by atoms with Crippen LogP contribution in [0.3, 0.4) is 0 Å². The number of anilines is 1. The third kappa shape index (κ3) is 6.82. The predicted molar refractivity (Wildman–Crippen MR) is 104 cm³/mol. The zero-order valence-electron chi connectivity index (χ0n) is 15.7. The maximum Gasteiger partial charge on any atom is 0.322 e. The van der Waals surface area contributed by atoms with Gasteiger partial charge in [-0.2, -0.15) is 8.42 Å². The fraction of sp³-hybridized carbons (Fsp3) is 0.316. The van der Waals surface area contributed by atoms with Crippen molar-refractivity contribution in [2.24, 2.45) is 0 Å². The molecule has 0 aromatic heterocycles. The lowest BCUT2D eigenvalue weighted by atomic mass is 10.2. The van der Waals surface area contributed by atoms with Gasteiger partial charge in [-0.3, -0.25) is 0 Å². The molecule has 0 aliphatic heterocycles. The van der Waals surface area contributed by atoms with Crippen LogP contribution in [0.4, 0.5) is 14.9 Å². The molecule has 0 spiro atoms. The monoisotopic (exact) mass is 410 g/mol. The lowest BCUT2D eigenvalue weighted by Crippen LogP contribution is -2.36. The number of carbonyl (C=O) groups excluding carboxylic acids is 1. The molecule has 0 unspecified atom stereocenters. The standard InChI is InChI=1S/C19H23FN2O5S/c1-3-28(24,25)27-18-9-7-15(8-10-18)14-22(11-12-26-2)19(23)21-17-6-4-5-16(20)13-17/h4-10,13H,3,11-12,14H2,1-2H3,(H,21,23). The SMILES string of the molecule is CCS(=O)(=O)Oc1ccc(CN(CCOC)C(=O)Nc2cccc(F)c2)cc1. The zero-order chi connectivity index (χ0) is 20.6. The summed E-state index contributed by atoms with van der Waals surface area (Å²) >= 11 is 0. The quantitative estimate of drug-likeness (QED) is 0.642. The van der Waals surface area contributed by atoms with Crippen LogP contribution in [0.1, 0.15) is 12.5 Å². The molecule has 0 saturated heterocycles. The summed E-state index contributed by atoms with van der Waals surface area (Å²) in [5, 5.41) is 2.65. The van der Waals surface area contributed by atoms with Crippen LogP contribution in [-0.4, -0.2) is 45.4 Å². The average molecular weight is 410 g/mol. The van der Waals surface area contributed by atoms with Crippen molar-refractivity contribution in [3.05, 3.63) is 59.9 Å². The number of urea groups is 1. The van der Waals surface area contributed by atoms with Gasteiger partial charge in [-0.15, -0.1) is 0 Å². The van der Waals surface area contributed by atoms with E-state index in [0.717, 1.165) is 5.56 Å². The van der Waals surface area contributed by atoms with Gasteiger partial charge in [0.15, 0.2) is 0 Å². The van der Waals surface area contributed by atoms with Crippen molar-refractivity contribution >= 4 is 21.8 Å². The summed E-state index contributed by atoms with van der Waals surface area (Å²) in [6.45, 7) is 2.40. The van der Waals surface area contributed by atoms with Gasteiger partial charge in [0.1, 0.15) is 11.6 Å². The predicted octanol–water partition coefficient (Wildman–Crippen LogP) is 3.23. The first-order valence-corrected chi connectivity index (χ1v) is 10.2. The molecule has 0 heterocycles. The summed E-state index contributed by atoms with van der Waals surface area (Å²) < 4.78 is 46.3. The van der Waals surface area contributed by atoms with Gasteiger partial charge in [0.2, 0.25) is 0 Å². The Bertz CT molecular complexity index is 887. The van der Waals surface area contributed by atoms with Crippen LogP contribution in [0.5, 0.6) is 5.75 Å². The highest BCUT2D eigenvalue weighted by Crippen LogP contribution is 2.17. The Balaban J connectivity index is 2.07. The molecule has 7 nitrogen and oxygen atoms in total. The molecule has 152 valence electrons. The minimum atomic E-state index is -3.59. The first kappa shape index (κ1) is 21.6. The summed E-state index contributed by atoms with van der Waals surface area (Å²) in [5.74, 6) is -0.364. The summed E-state index contributed by atoms with van der Waals surface area (Å²) in [4.78, 5) is 14.1. The number of methoxy groups -OCH3 is 1. The molecule has 28 heavy (non-hydrogen) atoms. The van der Waals surface area contributed by atoms with Gasteiger partial charge in [0.25, 0.3) is 0 Å². The third-order valence-electron chi connectivity index (χ3n) is 3.80. The van der Waals surface area contributed by atoms with E-state index in [-0.39, 0.29) is 18.0 Å². The maximum atomic E-state index is 13.3. The molecule has 1 N–H and O–H groups in total. The number of benzene rings is 2. The Hall–Kier alpha value is -2.65. The number of halogens is 1. The number of nitrogens with one attached hydrogen (secondary N) is 1. The van der Waals surface area contributed by atoms with Gasteiger partial charge in [0.05, 0.1) is 12.4 Å². The number of amides is 2. The van der Waals surface area contributed by atoms with Crippen LogP contribution >= 0.6 is 0 Å². The highest BCUT2D eigenvalue weighted by molar-refractivity contribution is 7.87. The molecular weight excluding hydrogens is 387 g/mol. The van der Waals surface area contributed by atoms with E-state index in [2.05, 4.69) is 5.32 Å². The number of hydrogen-bond donors (Lipinski definition) is 1. The van der Waals surface area contributed by atoms with Gasteiger partial charge >= 0.3 is 16.1 Å². The van der Waals surface area contributed by atoms with Crippen LogP contribution in [-0.2, 0) is 21.4 Å². The highest BCUT2D eigenvalue weighted by Gasteiger charge is 2.15. The number of nitrogens with zero attached hydrogens (tertiary/aromatic N) is 1. The molecule has 0 radical (unpaired) electrons. The summed E-state index contributed by atoms with van der Waals surface area (Å²) in [6.07, 6.45) is 0. The van der Waals surface area contributed by atoms with Crippen molar-refractivity contribution in [3.8, 4) is 5.75 Å². The third-order valence-corrected chi connectivity index (χ3v) is 4.96. The Morgan fingerprint density at radius 2 is 1.89 bits per heavy atom. The van der Waals surface area contributed by atoms with Crippen molar-refractivity contribution in [2.75, 3.05) is 31.3 Å². The molecule has 2 aromatic rings. The van der Waals surface area contributed by atoms with E-state index in [1.54, 1.807) is 18.2 Å². The fourth-order valence-electron chi connectivity index (χ4n) is 2.30. The molecule has 0 aliphatic carbocycles. The second-order valence-electron chi connectivity index (χ2n) is 5.93. The molecule has 9 heteroatoms. The van der Waals surface area contributed by atoms with Gasteiger partial charge in [-0.1, -0.05) is 18.2 Å². The fourth-order valence-corrected chi connectivity index (χ4v) is 2.82. The van der Waals surface area contributed by atoms with E-state index in [0.29, 0.717) is 18.8 Å². The molecule has 0 saturated carbocycles. The van der Waals surface area contributed by atoms with Gasteiger partial charge in [-0.25, -0.2) is 9.18 Å². The van der Waals surface area contributed by atoms with E-state index in [4.69, 9.17) is 8.92 Å². The van der Waals surface area contributed by atoms with Gasteiger partial charge in [-0.05, 0) is 42.8 Å². The maximum absolute atomic E-state index is 13.3. The number of carbonyl (C=O) groups is 1. The molecule has 0 fully saturated rings. The Labute approximate surface area is 164 Å². The molecule has 0 bridgehead atoms. The van der Waals surface area contributed by atoms with E-state index >= 15 is 0 Å². The molecular formula is C19H23FN2O5S. The Morgan fingerprint density at radius 3 is 2.50 bits per heavy atom. The second-order valence-corrected chi connectivity index (χ2v) is 7.79. The summed E-state index contributed by atoms with van der Waals surface area (Å²) in [7, 11) is -2.06. The Morgan fingerprint density at radius 1 is 1.18 bits per heavy atom. The first-order chi connectivity index (χ1) is 13.3. The molecule has 2 aromatic carbocycles. The van der Waals surface area contributed by atoms with Crippen LogP contribution < -0.4 is 9.50 Å². The topological polar surface area (TPSA) is 84.9 Å². The van der Waals surface area contributed by atoms with E-state index in [1.165, 1.54) is 49.3 Å². The highest BCUT2D eigenvalue weighted by atomic mass is 32.2.